The van der Waals surface area contributed by atoms with E-state index in [-0.39, 0.29) is 29.1 Å². The summed E-state index contributed by atoms with van der Waals surface area (Å²) in [6.07, 6.45) is 0. The second-order valence-electron chi connectivity index (χ2n) is 6.74. The number of hydrogen-bond acceptors (Lipinski definition) is 7. The highest BCUT2D eigenvalue weighted by molar-refractivity contribution is 7.13. The fraction of sp³-hybridized carbons (Fsp3) is 0.273. The first-order chi connectivity index (χ1) is 13.6. The zero-order valence-electron chi connectivity index (χ0n) is 16.9. The number of carbonyl (C=O) groups excluding carboxylic acids is 4. The van der Waals surface area contributed by atoms with E-state index < -0.39 is 0 Å². The summed E-state index contributed by atoms with van der Waals surface area (Å²) < 4.78 is 0. The van der Waals surface area contributed by atoms with Crippen LogP contribution in [0.2, 0.25) is 0 Å². The molecule has 0 spiro atoms. The Hall–Kier alpha value is -2.22. The lowest BCUT2D eigenvalue weighted by Gasteiger charge is -2.13. The van der Waals surface area contributed by atoms with Crippen molar-refractivity contribution in [3.63, 3.8) is 0 Å². The molecular weight excluding hydrogens is 424 g/mol. The van der Waals surface area contributed by atoms with Crippen LogP contribution in [0.1, 0.15) is 86.2 Å². The van der Waals surface area contributed by atoms with Gasteiger partial charge in [-0.25, -0.2) is 0 Å². The molecule has 3 aromatic heterocycles. The zero-order valence-corrected chi connectivity index (χ0v) is 19.3. The van der Waals surface area contributed by atoms with Crippen molar-refractivity contribution in [3.05, 3.63) is 65.7 Å². The first-order valence-electron chi connectivity index (χ1n) is 8.85. The van der Waals surface area contributed by atoms with Gasteiger partial charge in [-0.15, -0.1) is 34.0 Å². The minimum absolute atomic E-state index is 0.0412. The normalized spacial score (nSPS) is 10.4. The van der Waals surface area contributed by atoms with Crippen molar-refractivity contribution in [3.8, 4) is 0 Å². The van der Waals surface area contributed by atoms with Crippen LogP contribution in [0.25, 0.3) is 0 Å². The minimum atomic E-state index is -0.0851. The molecule has 152 valence electrons. The molecule has 0 fully saturated rings. The molecule has 0 atom stereocenters. The number of hydrogen-bond donors (Lipinski definition) is 0. The van der Waals surface area contributed by atoms with Crippen molar-refractivity contribution in [1.82, 2.24) is 0 Å². The summed E-state index contributed by atoms with van der Waals surface area (Å²) in [5, 5.41) is 5.95. The van der Waals surface area contributed by atoms with Gasteiger partial charge in [-0.05, 0) is 85.6 Å². The van der Waals surface area contributed by atoms with Crippen molar-refractivity contribution in [2.75, 3.05) is 0 Å². The first kappa shape index (κ1) is 23.1. The van der Waals surface area contributed by atoms with Crippen molar-refractivity contribution in [2.24, 2.45) is 0 Å². The summed E-state index contributed by atoms with van der Waals surface area (Å²) in [5.41, 5.74) is 3.03. The van der Waals surface area contributed by atoms with Gasteiger partial charge in [-0.1, -0.05) is 0 Å². The molecule has 0 aliphatic rings. The van der Waals surface area contributed by atoms with Crippen LogP contribution >= 0.6 is 34.0 Å². The van der Waals surface area contributed by atoms with Crippen LogP contribution in [0.5, 0.6) is 0 Å². The van der Waals surface area contributed by atoms with Gasteiger partial charge in [0.25, 0.3) is 0 Å². The Morgan fingerprint density at radius 1 is 0.586 bits per heavy atom. The SMILES string of the molecule is CC(=O)c1cc(C(c2csc(C(C)=O)c2)c2csc(C(C)=O)c2)cs1.CC(C)=O. The average molecular weight is 447 g/mol. The monoisotopic (exact) mass is 446 g/mol. The molecule has 3 rings (SSSR count). The lowest BCUT2D eigenvalue weighted by Crippen LogP contribution is -2.00. The fourth-order valence-corrected chi connectivity index (χ4v) is 5.15. The van der Waals surface area contributed by atoms with Crippen LogP contribution in [-0.2, 0) is 4.79 Å². The quantitative estimate of drug-likeness (QED) is 0.419. The summed E-state index contributed by atoms with van der Waals surface area (Å²) in [6, 6.07) is 5.73. The van der Waals surface area contributed by atoms with Crippen molar-refractivity contribution >= 4 is 57.1 Å². The van der Waals surface area contributed by atoms with E-state index in [9.17, 15) is 19.2 Å². The molecule has 0 saturated heterocycles. The molecule has 7 heteroatoms. The summed E-state index contributed by atoms with van der Waals surface area (Å²) in [5.74, 6) is 0.205. The Morgan fingerprint density at radius 3 is 1.00 bits per heavy atom. The molecule has 4 nitrogen and oxygen atoms in total. The number of ketones is 4. The number of thiophene rings is 3. The fourth-order valence-electron chi connectivity index (χ4n) is 2.64. The Labute approximate surface area is 182 Å². The maximum Gasteiger partial charge on any atom is 0.169 e. The Kier molecular flexibility index (Phi) is 7.96. The highest BCUT2D eigenvalue weighted by Crippen LogP contribution is 2.38. The summed E-state index contributed by atoms with van der Waals surface area (Å²) >= 11 is 4.27. The molecule has 0 bridgehead atoms. The molecule has 0 N–H and O–H groups in total. The Balaban J connectivity index is 0.000000687. The number of carbonyl (C=O) groups is 4. The number of rotatable bonds is 6. The van der Waals surface area contributed by atoms with Gasteiger partial charge in [0, 0.05) is 5.92 Å². The molecule has 29 heavy (non-hydrogen) atoms. The second kappa shape index (κ2) is 10.0. The predicted molar refractivity (Wildman–Crippen MR) is 120 cm³/mol. The standard InChI is InChI=1S/C19H16O3S3.C3H6O/c1-10(20)16-4-13(7-23-16)19(14-5-17(11(2)21)24-8-14)15-6-18(12(3)22)25-9-15;1-3(2)4/h4-9,19H,1-3H3;1-2H3. The molecule has 0 amide bonds. The molecular formula is C22H22O4S3. The third kappa shape index (κ3) is 6.13. The van der Waals surface area contributed by atoms with Gasteiger partial charge in [-0.3, -0.25) is 14.4 Å². The van der Waals surface area contributed by atoms with E-state index in [2.05, 4.69) is 0 Å². The molecule has 0 aliphatic heterocycles. The van der Waals surface area contributed by atoms with Crippen LogP contribution in [0, 0.1) is 0 Å². The van der Waals surface area contributed by atoms with Crippen LogP contribution < -0.4 is 0 Å². The lowest BCUT2D eigenvalue weighted by molar-refractivity contribution is -0.115. The first-order valence-corrected chi connectivity index (χ1v) is 11.5. The van der Waals surface area contributed by atoms with E-state index in [4.69, 9.17) is 0 Å². The van der Waals surface area contributed by atoms with Gasteiger partial charge in [0.15, 0.2) is 17.3 Å². The van der Waals surface area contributed by atoms with Gasteiger partial charge in [0.2, 0.25) is 0 Å². The maximum absolute atomic E-state index is 11.7. The maximum atomic E-state index is 11.7. The van der Waals surface area contributed by atoms with Crippen molar-refractivity contribution in [1.29, 1.82) is 0 Å². The zero-order chi connectivity index (χ0) is 21.7. The highest BCUT2D eigenvalue weighted by atomic mass is 32.1. The van der Waals surface area contributed by atoms with Gasteiger partial charge in [-0.2, -0.15) is 0 Å². The van der Waals surface area contributed by atoms with Gasteiger partial charge < -0.3 is 4.79 Å². The lowest BCUT2D eigenvalue weighted by atomic mass is 9.89. The molecule has 0 unspecified atom stereocenters. The predicted octanol–water partition coefficient (Wildman–Crippen LogP) is 6.25. The summed E-state index contributed by atoms with van der Waals surface area (Å²) in [7, 11) is 0. The highest BCUT2D eigenvalue weighted by Gasteiger charge is 2.23. The van der Waals surface area contributed by atoms with E-state index in [1.807, 2.05) is 34.3 Å². The van der Waals surface area contributed by atoms with E-state index in [0.717, 1.165) is 16.7 Å². The second-order valence-corrected chi connectivity index (χ2v) is 9.48. The van der Waals surface area contributed by atoms with Gasteiger partial charge in [0.05, 0.1) is 14.6 Å². The molecule has 0 aromatic carbocycles. The van der Waals surface area contributed by atoms with E-state index in [0.29, 0.717) is 14.6 Å². The van der Waals surface area contributed by atoms with Gasteiger partial charge >= 0.3 is 0 Å². The molecule has 0 aliphatic carbocycles. The molecule has 3 aromatic rings. The summed E-state index contributed by atoms with van der Waals surface area (Å²) in [6.45, 7) is 7.73. The molecule has 3 heterocycles. The smallest absolute Gasteiger partial charge is 0.169 e. The van der Waals surface area contributed by atoms with Crippen molar-refractivity contribution in [2.45, 2.75) is 40.5 Å². The average Bonchev–Trinajstić information content (AvgIpc) is 3.36. The van der Waals surface area contributed by atoms with E-state index in [1.54, 1.807) is 20.8 Å². The third-order valence-electron chi connectivity index (χ3n) is 3.90. The van der Waals surface area contributed by atoms with Crippen molar-refractivity contribution < 1.29 is 19.2 Å². The molecule has 0 saturated carbocycles. The Bertz CT molecular complexity index is 924. The van der Waals surface area contributed by atoms with Crippen LogP contribution in [0.3, 0.4) is 0 Å². The minimum Gasteiger partial charge on any atom is -0.300 e. The van der Waals surface area contributed by atoms with E-state index >= 15 is 0 Å². The number of Topliss-reactive ketones (excluding diaryl/α,β-unsaturated/α-hetero) is 4. The van der Waals surface area contributed by atoms with Gasteiger partial charge in [0.1, 0.15) is 5.78 Å². The van der Waals surface area contributed by atoms with Crippen LogP contribution in [0.15, 0.2) is 34.3 Å². The molecule has 0 radical (unpaired) electrons. The third-order valence-corrected chi connectivity index (χ3v) is 7.05. The topological polar surface area (TPSA) is 68.3 Å². The Morgan fingerprint density at radius 2 is 0.828 bits per heavy atom. The van der Waals surface area contributed by atoms with E-state index in [1.165, 1.54) is 47.9 Å². The summed E-state index contributed by atoms with van der Waals surface area (Å²) in [4.78, 5) is 46.6. The van der Waals surface area contributed by atoms with Crippen LogP contribution in [0.4, 0.5) is 0 Å². The largest absolute Gasteiger partial charge is 0.300 e. The van der Waals surface area contributed by atoms with Crippen LogP contribution in [-0.4, -0.2) is 23.1 Å².